The number of carbonyl (C=O) groups is 2. The molecular formula is C19H23N3O2S. The number of rotatable bonds is 5. The predicted molar refractivity (Wildman–Crippen MR) is 101 cm³/mol. The second-order valence-corrected chi connectivity index (χ2v) is 7.23. The first kappa shape index (κ1) is 17.6. The number of likely N-dealkylation sites (tertiary alicyclic amines) is 1. The molecule has 6 heteroatoms. The molecule has 5 nitrogen and oxygen atoms in total. The van der Waals surface area contributed by atoms with Gasteiger partial charge in [-0.15, -0.1) is 11.3 Å². The Hall–Kier alpha value is -2.18. The third-order valence-corrected chi connectivity index (χ3v) is 5.48. The fraction of sp³-hybridized carbons (Fsp3) is 0.368. The number of anilines is 1. The summed E-state index contributed by atoms with van der Waals surface area (Å²) in [4.78, 5) is 27.0. The number of amides is 2. The average molecular weight is 357 g/mol. The smallest absolute Gasteiger partial charge is 0.256 e. The minimum atomic E-state index is -0.194. The molecule has 1 aromatic heterocycles. The van der Waals surface area contributed by atoms with Gasteiger partial charge in [-0.3, -0.25) is 9.59 Å². The zero-order valence-electron chi connectivity index (χ0n) is 14.3. The van der Waals surface area contributed by atoms with Gasteiger partial charge >= 0.3 is 0 Å². The van der Waals surface area contributed by atoms with Crippen LogP contribution in [0.25, 0.3) is 0 Å². The van der Waals surface area contributed by atoms with E-state index in [9.17, 15) is 9.59 Å². The van der Waals surface area contributed by atoms with E-state index in [2.05, 4.69) is 12.2 Å². The number of nitrogens with one attached hydrogen (secondary N) is 1. The van der Waals surface area contributed by atoms with Crippen LogP contribution in [0.2, 0.25) is 0 Å². The van der Waals surface area contributed by atoms with E-state index in [0.717, 1.165) is 19.4 Å². The summed E-state index contributed by atoms with van der Waals surface area (Å²) >= 11 is 1.37. The van der Waals surface area contributed by atoms with Gasteiger partial charge in [-0.25, -0.2) is 0 Å². The molecule has 1 aromatic carbocycles. The molecule has 3 rings (SSSR count). The molecule has 1 aliphatic rings. The highest BCUT2D eigenvalue weighted by atomic mass is 32.1. The van der Waals surface area contributed by atoms with Crippen molar-refractivity contribution >= 4 is 28.2 Å². The molecular weight excluding hydrogens is 334 g/mol. The number of hydrogen-bond acceptors (Lipinski definition) is 4. The van der Waals surface area contributed by atoms with Crippen LogP contribution in [-0.4, -0.2) is 36.3 Å². The highest BCUT2D eigenvalue weighted by Crippen LogP contribution is 2.27. The zero-order valence-corrected chi connectivity index (χ0v) is 15.1. The summed E-state index contributed by atoms with van der Waals surface area (Å²) in [7, 11) is 0. The summed E-state index contributed by atoms with van der Waals surface area (Å²) < 4.78 is 0. The summed E-state index contributed by atoms with van der Waals surface area (Å²) in [5, 5.41) is 5.32. The van der Waals surface area contributed by atoms with Crippen molar-refractivity contribution in [3.63, 3.8) is 0 Å². The van der Waals surface area contributed by atoms with Crippen molar-refractivity contribution in [1.82, 2.24) is 4.90 Å². The number of carbonyl (C=O) groups excluding carboxylic acids is 2. The quantitative estimate of drug-likeness (QED) is 0.864. The molecule has 2 amide bonds. The van der Waals surface area contributed by atoms with Crippen LogP contribution in [0.3, 0.4) is 0 Å². The molecule has 2 heterocycles. The zero-order chi connectivity index (χ0) is 17.8. The number of nitrogens with two attached hydrogens (primary N) is 1. The molecule has 2 aromatic rings. The van der Waals surface area contributed by atoms with Gasteiger partial charge in [0.2, 0.25) is 0 Å². The van der Waals surface area contributed by atoms with E-state index in [1.54, 1.807) is 6.07 Å². The minimum absolute atomic E-state index is 0.0335. The molecule has 1 unspecified atom stereocenters. The highest BCUT2D eigenvalue weighted by molar-refractivity contribution is 7.14. The van der Waals surface area contributed by atoms with Crippen molar-refractivity contribution < 1.29 is 9.59 Å². The Morgan fingerprint density at radius 3 is 2.68 bits per heavy atom. The van der Waals surface area contributed by atoms with Crippen molar-refractivity contribution in [3.05, 3.63) is 52.4 Å². The Labute approximate surface area is 151 Å². The third kappa shape index (κ3) is 3.91. The SMILES string of the molecule is CCc1ccc(C(=O)Nc2sccc2C(=O)N2CCC(CN)C2)cc1. The van der Waals surface area contributed by atoms with Crippen molar-refractivity contribution in [2.45, 2.75) is 19.8 Å². The summed E-state index contributed by atoms with van der Waals surface area (Å²) in [5.41, 5.74) is 8.04. The van der Waals surface area contributed by atoms with Crippen molar-refractivity contribution in [1.29, 1.82) is 0 Å². The monoisotopic (exact) mass is 357 g/mol. The fourth-order valence-electron chi connectivity index (χ4n) is 3.02. The van der Waals surface area contributed by atoms with Crippen LogP contribution >= 0.6 is 11.3 Å². The maximum Gasteiger partial charge on any atom is 0.256 e. The van der Waals surface area contributed by atoms with Crippen LogP contribution in [0.5, 0.6) is 0 Å². The van der Waals surface area contributed by atoms with E-state index in [-0.39, 0.29) is 11.8 Å². The van der Waals surface area contributed by atoms with Crippen molar-refractivity contribution in [3.8, 4) is 0 Å². The first-order chi connectivity index (χ1) is 12.1. The average Bonchev–Trinajstić information content (AvgIpc) is 3.30. The molecule has 0 radical (unpaired) electrons. The standard InChI is InChI=1S/C19H23N3O2S/c1-2-13-3-5-15(6-4-13)17(23)21-18-16(8-10-25-18)19(24)22-9-7-14(11-20)12-22/h3-6,8,10,14H,2,7,9,11-12,20H2,1H3,(H,21,23). The molecule has 0 saturated carbocycles. The molecule has 1 aliphatic heterocycles. The summed E-state index contributed by atoms with van der Waals surface area (Å²) in [6.45, 7) is 4.09. The van der Waals surface area contributed by atoms with Crippen molar-refractivity contribution in [2.75, 3.05) is 25.0 Å². The lowest BCUT2D eigenvalue weighted by molar-refractivity contribution is 0.0789. The van der Waals surface area contributed by atoms with Gasteiger partial charge in [0.05, 0.1) is 5.56 Å². The second-order valence-electron chi connectivity index (χ2n) is 6.31. The van der Waals surface area contributed by atoms with E-state index in [0.29, 0.717) is 35.1 Å². The van der Waals surface area contributed by atoms with Crippen LogP contribution in [0.1, 0.15) is 39.6 Å². The van der Waals surface area contributed by atoms with Crippen LogP contribution in [0.15, 0.2) is 35.7 Å². The third-order valence-electron chi connectivity index (χ3n) is 4.65. The summed E-state index contributed by atoms with van der Waals surface area (Å²) in [6, 6.07) is 9.31. The summed E-state index contributed by atoms with van der Waals surface area (Å²) in [5.74, 6) is 0.145. The molecule has 0 aliphatic carbocycles. The van der Waals surface area contributed by atoms with Gasteiger partial charge < -0.3 is 16.0 Å². The van der Waals surface area contributed by atoms with Gasteiger partial charge in [0, 0.05) is 18.7 Å². The van der Waals surface area contributed by atoms with E-state index >= 15 is 0 Å². The largest absolute Gasteiger partial charge is 0.338 e. The second kappa shape index (κ2) is 7.80. The lowest BCUT2D eigenvalue weighted by Gasteiger charge is -2.16. The Bertz CT molecular complexity index is 754. The van der Waals surface area contributed by atoms with E-state index in [1.165, 1.54) is 16.9 Å². The van der Waals surface area contributed by atoms with Gasteiger partial charge in [-0.1, -0.05) is 19.1 Å². The molecule has 0 spiro atoms. The Morgan fingerprint density at radius 2 is 2.04 bits per heavy atom. The van der Waals surface area contributed by atoms with Gasteiger partial charge in [-0.2, -0.15) is 0 Å². The number of hydrogen-bond donors (Lipinski definition) is 2. The van der Waals surface area contributed by atoms with Crippen LogP contribution in [0.4, 0.5) is 5.00 Å². The summed E-state index contributed by atoms with van der Waals surface area (Å²) in [6.07, 6.45) is 1.88. The molecule has 132 valence electrons. The topological polar surface area (TPSA) is 75.4 Å². The number of aryl methyl sites for hydroxylation is 1. The Balaban J connectivity index is 1.70. The molecule has 0 bridgehead atoms. The van der Waals surface area contributed by atoms with Gasteiger partial charge in [0.1, 0.15) is 5.00 Å². The maximum atomic E-state index is 12.7. The Kier molecular flexibility index (Phi) is 5.50. The van der Waals surface area contributed by atoms with E-state index in [4.69, 9.17) is 5.73 Å². The number of benzene rings is 1. The number of nitrogens with zero attached hydrogens (tertiary/aromatic N) is 1. The van der Waals surface area contributed by atoms with Crippen molar-refractivity contribution in [2.24, 2.45) is 11.7 Å². The van der Waals surface area contributed by atoms with Crippen LogP contribution in [0, 0.1) is 5.92 Å². The van der Waals surface area contributed by atoms with E-state index < -0.39 is 0 Å². The molecule has 1 fully saturated rings. The Morgan fingerprint density at radius 1 is 1.28 bits per heavy atom. The molecule has 25 heavy (non-hydrogen) atoms. The first-order valence-electron chi connectivity index (χ1n) is 8.59. The fourth-order valence-corrected chi connectivity index (χ4v) is 3.80. The molecule has 1 saturated heterocycles. The number of thiophene rings is 1. The lowest BCUT2D eigenvalue weighted by Crippen LogP contribution is -2.30. The minimum Gasteiger partial charge on any atom is -0.338 e. The normalized spacial score (nSPS) is 16.9. The lowest BCUT2D eigenvalue weighted by atomic mass is 10.1. The van der Waals surface area contributed by atoms with Crippen LogP contribution < -0.4 is 11.1 Å². The van der Waals surface area contributed by atoms with Gasteiger partial charge in [0.25, 0.3) is 11.8 Å². The van der Waals surface area contributed by atoms with Crippen LogP contribution in [-0.2, 0) is 6.42 Å². The molecule has 1 atom stereocenters. The maximum absolute atomic E-state index is 12.7. The van der Waals surface area contributed by atoms with E-state index in [1.807, 2.05) is 34.5 Å². The molecule has 3 N–H and O–H groups in total. The van der Waals surface area contributed by atoms with Gasteiger partial charge in [0.15, 0.2) is 0 Å². The van der Waals surface area contributed by atoms with Gasteiger partial charge in [-0.05, 0) is 54.4 Å². The first-order valence-corrected chi connectivity index (χ1v) is 9.47. The highest BCUT2D eigenvalue weighted by Gasteiger charge is 2.28. The predicted octanol–water partition coefficient (Wildman–Crippen LogP) is 2.98.